The largest absolute Gasteiger partial charge is 0.478 e. The number of benzene rings is 1. The number of nitrogen functional groups attached to an aromatic ring is 1. The maximum absolute atomic E-state index is 10.7. The smallest absolute Gasteiger partial charge is 0.335 e. The molecule has 0 aliphatic rings. The van der Waals surface area contributed by atoms with Crippen molar-refractivity contribution in [1.29, 1.82) is 0 Å². The van der Waals surface area contributed by atoms with Crippen molar-refractivity contribution < 1.29 is 14.3 Å². The van der Waals surface area contributed by atoms with E-state index >= 15 is 0 Å². The van der Waals surface area contributed by atoms with E-state index in [0.29, 0.717) is 17.0 Å². The van der Waals surface area contributed by atoms with E-state index in [1.807, 2.05) is 0 Å². The normalized spacial score (nSPS) is 10.6. The number of rotatable bonds is 1. The SMILES string of the molecule is Cc1cc2cc(C(=O)O)cc(N)c2o1. The van der Waals surface area contributed by atoms with Crippen LogP contribution in [-0.4, -0.2) is 11.1 Å². The minimum atomic E-state index is -0.988. The molecule has 0 spiro atoms. The molecular formula is C10H9NO3. The molecule has 2 rings (SSSR count). The molecule has 1 aromatic heterocycles. The van der Waals surface area contributed by atoms with Gasteiger partial charge in [0, 0.05) is 5.39 Å². The highest BCUT2D eigenvalue weighted by atomic mass is 16.4. The van der Waals surface area contributed by atoms with Gasteiger partial charge in [-0.2, -0.15) is 0 Å². The zero-order valence-corrected chi connectivity index (χ0v) is 7.57. The maximum Gasteiger partial charge on any atom is 0.335 e. The fourth-order valence-electron chi connectivity index (χ4n) is 1.43. The Labute approximate surface area is 79.9 Å². The van der Waals surface area contributed by atoms with Gasteiger partial charge in [-0.3, -0.25) is 0 Å². The molecule has 0 saturated heterocycles. The van der Waals surface area contributed by atoms with Gasteiger partial charge in [-0.1, -0.05) is 0 Å². The molecule has 3 N–H and O–H groups in total. The van der Waals surface area contributed by atoms with Gasteiger partial charge in [-0.25, -0.2) is 4.79 Å². The molecule has 2 aromatic rings. The van der Waals surface area contributed by atoms with Crippen LogP contribution in [0.4, 0.5) is 5.69 Å². The molecule has 1 aromatic carbocycles. The van der Waals surface area contributed by atoms with E-state index in [4.69, 9.17) is 15.3 Å². The Morgan fingerprint density at radius 3 is 2.79 bits per heavy atom. The molecule has 0 saturated carbocycles. The zero-order valence-electron chi connectivity index (χ0n) is 7.57. The lowest BCUT2D eigenvalue weighted by Gasteiger charge is -1.97. The van der Waals surface area contributed by atoms with E-state index in [0.717, 1.165) is 5.39 Å². The van der Waals surface area contributed by atoms with Crippen LogP contribution in [0.15, 0.2) is 22.6 Å². The minimum Gasteiger partial charge on any atom is -0.478 e. The summed E-state index contributed by atoms with van der Waals surface area (Å²) >= 11 is 0. The van der Waals surface area contributed by atoms with Gasteiger partial charge in [0.05, 0.1) is 11.3 Å². The standard InChI is InChI=1S/C10H9NO3/c1-5-2-6-3-7(10(12)13)4-8(11)9(6)14-5/h2-4H,11H2,1H3,(H,12,13). The molecule has 0 fully saturated rings. The number of hydrogen-bond donors (Lipinski definition) is 2. The summed E-state index contributed by atoms with van der Waals surface area (Å²) in [7, 11) is 0. The highest BCUT2D eigenvalue weighted by Crippen LogP contribution is 2.26. The molecule has 0 aliphatic carbocycles. The Kier molecular flexibility index (Phi) is 1.70. The number of furan rings is 1. The second-order valence-corrected chi connectivity index (χ2v) is 3.15. The molecule has 0 atom stereocenters. The number of carbonyl (C=O) groups is 1. The first-order chi connectivity index (χ1) is 6.58. The number of fused-ring (bicyclic) bond motifs is 1. The Bertz CT molecular complexity index is 513. The van der Waals surface area contributed by atoms with Gasteiger partial charge in [0.2, 0.25) is 0 Å². The van der Waals surface area contributed by atoms with Crippen LogP contribution >= 0.6 is 0 Å². The molecule has 0 unspecified atom stereocenters. The first-order valence-corrected chi connectivity index (χ1v) is 4.11. The average Bonchev–Trinajstić information content (AvgIpc) is 2.45. The molecule has 0 amide bonds. The van der Waals surface area contributed by atoms with Crippen molar-refractivity contribution in [2.45, 2.75) is 6.92 Å². The number of aryl methyl sites for hydroxylation is 1. The van der Waals surface area contributed by atoms with Crippen molar-refractivity contribution in [3.8, 4) is 0 Å². The van der Waals surface area contributed by atoms with Crippen molar-refractivity contribution in [3.05, 3.63) is 29.5 Å². The topological polar surface area (TPSA) is 76.5 Å². The first-order valence-electron chi connectivity index (χ1n) is 4.11. The third-order valence-corrected chi connectivity index (χ3v) is 2.02. The van der Waals surface area contributed by atoms with E-state index < -0.39 is 5.97 Å². The van der Waals surface area contributed by atoms with Gasteiger partial charge in [-0.05, 0) is 25.1 Å². The van der Waals surface area contributed by atoms with Crippen molar-refractivity contribution in [2.24, 2.45) is 0 Å². The molecule has 4 heteroatoms. The molecule has 0 bridgehead atoms. The van der Waals surface area contributed by atoms with Crippen LogP contribution in [0.2, 0.25) is 0 Å². The summed E-state index contributed by atoms with van der Waals surface area (Å²) in [6.07, 6.45) is 0. The van der Waals surface area contributed by atoms with E-state index in [2.05, 4.69) is 0 Å². The molecule has 0 radical (unpaired) electrons. The monoisotopic (exact) mass is 191 g/mol. The van der Waals surface area contributed by atoms with Gasteiger partial charge in [0.1, 0.15) is 5.76 Å². The lowest BCUT2D eigenvalue weighted by atomic mass is 10.1. The summed E-state index contributed by atoms with van der Waals surface area (Å²) in [5.74, 6) is -0.272. The summed E-state index contributed by atoms with van der Waals surface area (Å²) in [6.45, 7) is 1.79. The number of carboxylic acids is 1. The van der Waals surface area contributed by atoms with Crippen LogP contribution in [0.5, 0.6) is 0 Å². The Morgan fingerprint density at radius 2 is 2.14 bits per heavy atom. The van der Waals surface area contributed by atoms with Crippen molar-refractivity contribution >= 4 is 22.6 Å². The maximum atomic E-state index is 10.7. The summed E-state index contributed by atoms with van der Waals surface area (Å²) in [4.78, 5) is 10.7. The van der Waals surface area contributed by atoms with E-state index in [-0.39, 0.29) is 5.56 Å². The lowest BCUT2D eigenvalue weighted by Crippen LogP contribution is -1.97. The van der Waals surface area contributed by atoms with Gasteiger partial charge in [0.25, 0.3) is 0 Å². The Morgan fingerprint density at radius 1 is 1.43 bits per heavy atom. The second kappa shape index (κ2) is 2.77. The highest BCUT2D eigenvalue weighted by Gasteiger charge is 2.10. The van der Waals surface area contributed by atoms with Crippen LogP contribution in [0.3, 0.4) is 0 Å². The van der Waals surface area contributed by atoms with Gasteiger partial charge < -0.3 is 15.3 Å². The third-order valence-electron chi connectivity index (χ3n) is 2.02. The second-order valence-electron chi connectivity index (χ2n) is 3.15. The van der Waals surface area contributed by atoms with Crippen LogP contribution < -0.4 is 5.73 Å². The summed E-state index contributed by atoms with van der Waals surface area (Å²) in [5.41, 5.74) is 6.73. The molecular weight excluding hydrogens is 182 g/mol. The van der Waals surface area contributed by atoms with Gasteiger partial charge in [-0.15, -0.1) is 0 Å². The van der Waals surface area contributed by atoms with Crippen LogP contribution in [0, 0.1) is 6.92 Å². The van der Waals surface area contributed by atoms with Crippen LogP contribution in [-0.2, 0) is 0 Å². The molecule has 72 valence electrons. The van der Waals surface area contributed by atoms with E-state index in [9.17, 15) is 4.79 Å². The third kappa shape index (κ3) is 1.21. The average molecular weight is 191 g/mol. The number of nitrogens with two attached hydrogens (primary N) is 1. The first kappa shape index (κ1) is 8.62. The van der Waals surface area contributed by atoms with Crippen LogP contribution in [0.1, 0.15) is 16.1 Å². The number of hydrogen-bond acceptors (Lipinski definition) is 3. The number of aromatic carboxylic acids is 1. The fourth-order valence-corrected chi connectivity index (χ4v) is 1.43. The Balaban J connectivity index is 2.77. The van der Waals surface area contributed by atoms with E-state index in [1.54, 1.807) is 19.1 Å². The summed E-state index contributed by atoms with van der Waals surface area (Å²) in [6, 6.07) is 4.70. The molecule has 4 nitrogen and oxygen atoms in total. The van der Waals surface area contributed by atoms with Crippen molar-refractivity contribution in [2.75, 3.05) is 5.73 Å². The quantitative estimate of drug-likeness (QED) is 0.676. The molecule has 0 aliphatic heterocycles. The van der Waals surface area contributed by atoms with Crippen molar-refractivity contribution in [3.63, 3.8) is 0 Å². The highest BCUT2D eigenvalue weighted by molar-refractivity contribution is 5.98. The minimum absolute atomic E-state index is 0.177. The fraction of sp³-hybridized carbons (Fsp3) is 0.100. The number of carboxylic acid groups (broad SMARTS) is 1. The van der Waals surface area contributed by atoms with E-state index in [1.165, 1.54) is 6.07 Å². The predicted octanol–water partition coefficient (Wildman–Crippen LogP) is 2.02. The zero-order chi connectivity index (χ0) is 10.3. The van der Waals surface area contributed by atoms with Gasteiger partial charge in [0.15, 0.2) is 5.58 Å². The van der Waals surface area contributed by atoms with Gasteiger partial charge >= 0.3 is 5.97 Å². The van der Waals surface area contributed by atoms with Crippen molar-refractivity contribution in [1.82, 2.24) is 0 Å². The van der Waals surface area contributed by atoms with Crippen LogP contribution in [0.25, 0.3) is 11.0 Å². The molecule has 14 heavy (non-hydrogen) atoms. The Hall–Kier alpha value is -1.97. The number of anilines is 1. The lowest BCUT2D eigenvalue weighted by molar-refractivity contribution is 0.0697. The summed E-state index contributed by atoms with van der Waals surface area (Å²) in [5, 5.41) is 9.51. The summed E-state index contributed by atoms with van der Waals surface area (Å²) < 4.78 is 5.32. The molecule has 1 heterocycles. The predicted molar refractivity (Wildman–Crippen MR) is 52.3 cm³/mol.